The molecule has 0 fully saturated rings. The highest BCUT2D eigenvalue weighted by atomic mass is 16.5. The Bertz CT molecular complexity index is 1240. The van der Waals surface area contributed by atoms with Crippen LogP contribution < -0.4 is 29.6 Å². The average molecular weight is 517 g/mol. The van der Waals surface area contributed by atoms with Crippen molar-refractivity contribution < 1.29 is 18.9 Å². The second-order valence-corrected chi connectivity index (χ2v) is 9.33. The van der Waals surface area contributed by atoms with Crippen molar-refractivity contribution >= 4 is 21.5 Å². The molecule has 0 saturated carbocycles. The average Bonchev–Trinajstić information content (AvgIpc) is 2.96. The van der Waals surface area contributed by atoms with E-state index >= 15 is 0 Å². The zero-order chi connectivity index (χ0) is 26.7. The highest BCUT2D eigenvalue weighted by Crippen LogP contribution is 2.38. The lowest BCUT2D eigenvalue weighted by Crippen LogP contribution is -2.22. The molecule has 2 N–H and O–H groups in total. The summed E-state index contributed by atoms with van der Waals surface area (Å²) in [4.78, 5) is 0. The SMILES string of the molecule is COc1cc2ccccc2c(OC)c1CCNCCCCNCCc1c(OC)cc2ccccc2c1OC. The molecule has 0 spiro atoms. The Morgan fingerprint density at radius 1 is 0.526 bits per heavy atom. The number of methoxy groups -OCH3 is 4. The zero-order valence-electron chi connectivity index (χ0n) is 23.1. The van der Waals surface area contributed by atoms with E-state index in [1.807, 2.05) is 24.3 Å². The van der Waals surface area contributed by atoms with Crippen LogP contribution in [0.5, 0.6) is 23.0 Å². The van der Waals surface area contributed by atoms with Crippen LogP contribution in [-0.4, -0.2) is 54.6 Å². The van der Waals surface area contributed by atoms with Gasteiger partial charge in [-0.15, -0.1) is 0 Å². The summed E-state index contributed by atoms with van der Waals surface area (Å²) in [6.45, 7) is 3.71. The van der Waals surface area contributed by atoms with Gasteiger partial charge in [0.25, 0.3) is 0 Å². The monoisotopic (exact) mass is 516 g/mol. The zero-order valence-corrected chi connectivity index (χ0v) is 23.1. The molecule has 4 aromatic carbocycles. The number of rotatable bonds is 15. The molecule has 0 saturated heterocycles. The molecule has 0 heterocycles. The first-order valence-electron chi connectivity index (χ1n) is 13.4. The molecule has 0 aliphatic rings. The van der Waals surface area contributed by atoms with Crippen LogP contribution in [0.2, 0.25) is 0 Å². The number of nitrogens with one attached hydrogen (secondary N) is 2. The van der Waals surface area contributed by atoms with Crippen LogP contribution in [0.1, 0.15) is 24.0 Å². The summed E-state index contributed by atoms with van der Waals surface area (Å²) >= 11 is 0. The fourth-order valence-corrected chi connectivity index (χ4v) is 5.15. The van der Waals surface area contributed by atoms with Crippen LogP contribution >= 0.6 is 0 Å². The van der Waals surface area contributed by atoms with Gasteiger partial charge in [-0.3, -0.25) is 0 Å². The number of unbranched alkanes of at least 4 members (excludes halogenated alkanes) is 1. The molecule has 6 nitrogen and oxygen atoms in total. The van der Waals surface area contributed by atoms with Crippen LogP contribution in [0.15, 0.2) is 60.7 Å². The van der Waals surface area contributed by atoms with Crippen LogP contribution in [-0.2, 0) is 12.8 Å². The molecule has 0 unspecified atom stereocenters. The summed E-state index contributed by atoms with van der Waals surface area (Å²) in [7, 11) is 6.91. The maximum absolute atomic E-state index is 5.78. The van der Waals surface area contributed by atoms with Gasteiger partial charge in [0, 0.05) is 21.9 Å². The molecule has 0 aromatic heterocycles. The predicted molar refractivity (Wildman–Crippen MR) is 156 cm³/mol. The van der Waals surface area contributed by atoms with Crippen LogP contribution in [0.4, 0.5) is 0 Å². The van der Waals surface area contributed by atoms with Gasteiger partial charge in [0.1, 0.15) is 23.0 Å². The lowest BCUT2D eigenvalue weighted by Gasteiger charge is -2.17. The Labute approximate surface area is 226 Å². The van der Waals surface area contributed by atoms with Gasteiger partial charge < -0.3 is 29.6 Å². The summed E-state index contributed by atoms with van der Waals surface area (Å²) in [6, 6.07) is 20.7. The molecule has 6 heteroatoms. The maximum atomic E-state index is 5.78. The van der Waals surface area contributed by atoms with Crippen molar-refractivity contribution in [3.8, 4) is 23.0 Å². The quantitative estimate of drug-likeness (QED) is 0.196. The highest BCUT2D eigenvalue weighted by molar-refractivity contribution is 5.92. The lowest BCUT2D eigenvalue weighted by molar-refractivity contribution is 0.387. The standard InChI is InChI=1S/C32H40N2O4/c1-35-29-21-23-11-5-7-13-25(23)31(37-3)27(29)15-19-33-17-9-10-18-34-20-16-28-30(36-2)22-24-12-6-8-14-26(24)32(28)38-4/h5-8,11-14,21-22,33-34H,9-10,15-20H2,1-4H3. The van der Waals surface area contributed by atoms with Crippen molar-refractivity contribution in [2.24, 2.45) is 0 Å². The number of benzene rings is 4. The molecule has 0 radical (unpaired) electrons. The third kappa shape index (κ3) is 6.32. The van der Waals surface area contributed by atoms with E-state index < -0.39 is 0 Å². The van der Waals surface area contributed by atoms with Crippen molar-refractivity contribution in [3.05, 3.63) is 71.8 Å². The summed E-state index contributed by atoms with van der Waals surface area (Å²) in [5, 5.41) is 11.7. The largest absolute Gasteiger partial charge is 0.496 e. The van der Waals surface area contributed by atoms with Gasteiger partial charge in [0.05, 0.1) is 28.4 Å². The second-order valence-electron chi connectivity index (χ2n) is 9.33. The molecule has 0 amide bonds. The number of ether oxygens (including phenoxy) is 4. The minimum atomic E-state index is 0.852. The summed E-state index contributed by atoms with van der Waals surface area (Å²) in [6.07, 6.45) is 3.93. The molecular formula is C32H40N2O4. The van der Waals surface area contributed by atoms with E-state index in [9.17, 15) is 0 Å². The molecule has 0 atom stereocenters. The molecule has 202 valence electrons. The topological polar surface area (TPSA) is 61.0 Å². The fourth-order valence-electron chi connectivity index (χ4n) is 5.15. The van der Waals surface area contributed by atoms with E-state index in [0.29, 0.717) is 0 Å². The Kier molecular flexibility index (Phi) is 10.1. The molecular weight excluding hydrogens is 476 g/mol. The smallest absolute Gasteiger partial charge is 0.133 e. The Balaban J connectivity index is 1.19. The van der Waals surface area contributed by atoms with Crippen molar-refractivity contribution in [1.29, 1.82) is 0 Å². The van der Waals surface area contributed by atoms with Crippen molar-refractivity contribution in [1.82, 2.24) is 10.6 Å². The third-order valence-electron chi connectivity index (χ3n) is 7.04. The Morgan fingerprint density at radius 2 is 0.947 bits per heavy atom. The van der Waals surface area contributed by atoms with E-state index in [1.165, 1.54) is 0 Å². The van der Waals surface area contributed by atoms with Gasteiger partial charge >= 0.3 is 0 Å². The van der Waals surface area contributed by atoms with Gasteiger partial charge in [0.15, 0.2) is 0 Å². The highest BCUT2D eigenvalue weighted by Gasteiger charge is 2.15. The first-order chi connectivity index (χ1) is 18.7. The normalized spacial score (nSPS) is 11.2. The van der Waals surface area contributed by atoms with Gasteiger partial charge in [-0.2, -0.15) is 0 Å². The Morgan fingerprint density at radius 3 is 1.34 bits per heavy atom. The second kappa shape index (κ2) is 13.9. The Hall–Kier alpha value is -3.48. The van der Waals surface area contributed by atoms with Gasteiger partial charge in [-0.1, -0.05) is 48.5 Å². The van der Waals surface area contributed by atoms with Crippen molar-refractivity contribution in [2.75, 3.05) is 54.6 Å². The number of hydrogen-bond donors (Lipinski definition) is 2. The van der Waals surface area contributed by atoms with E-state index in [4.69, 9.17) is 18.9 Å². The minimum absolute atomic E-state index is 0.852. The van der Waals surface area contributed by atoms with Gasteiger partial charge in [-0.05, 0) is 74.8 Å². The lowest BCUT2D eigenvalue weighted by atomic mass is 10.0. The third-order valence-corrected chi connectivity index (χ3v) is 7.04. The fraction of sp³-hybridized carbons (Fsp3) is 0.375. The molecule has 0 aliphatic heterocycles. The van der Waals surface area contributed by atoms with Crippen LogP contribution in [0, 0.1) is 0 Å². The summed E-state index contributed by atoms with van der Waals surface area (Å²) in [5.74, 6) is 3.58. The molecule has 4 rings (SSSR count). The maximum Gasteiger partial charge on any atom is 0.133 e. The first kappa shape index (κ1) is 27.6. The first-order valence-corrected chi connectivity index (χ1v) is 13.4. The molecule has 38 heavy (non-hydrogen) atoms. The van der Waals surface area contributed by atoms with E-state index in [0.717, 1.165) is 108 Å². The molecule has 0 bridgehead atoms. The molecule has 0 aliphatic carbocycles. The number of fused-ring (bicyclic) bond motifs is 2. The van der Waals surface area contributed by atoms with Gasteiger partial charge in [-0.25, -0.2) is 0 Å². The number of hydrogen-bond acceptors (Lipinski definition) is 6. The summed E-state index contributed by atoms with van der Waals surface area (Å²) in [5.41, 5.74) is 2.23. The minimum Gasteiger partial charge on any atom is -0.496 e. The van der Waals surface area contributed by atoms with Crippen LogP contribution in [0.25, 0.3) is 21.5 Å². The van der Waals surface area contributed by atoms with E-state index in [-0.39, 0.29) is 0 Å². The van der Waals surface area contributed by atoms with Crippen LogP contribution in [0.3, 0.4) is 0 Å². The summed E-state index contributed by atoms with van der Waals surface area (Å²) < 4.78 is 22.9. The van der Waals surface area contributed by atoms with Crippen molar-refractivity contribution in [3.63, 3.8) is 0 Å². The van der Waals surface area contributed by atoms with Crippen molar-refractivity contribution in [2.45, 2.75) is 25.7 Å². The van der Waals surface area contributed by atoms with E-state index in [1.54, 1.807) is 28.4 Å². The van der Waals surface area contributed by atoms with Gasteiger partial charge in [0.2, 0.25) is 0 Å². The van der Waals surface area contributed by atoms with E-state index in [2.05, 4.69) is 47.0 Å². The predicted octanol–water partition coefficient (Wildman–Crippen LogP) is 5.77. The molecule has 4 aromatic rings.